The molecule has 0 unspecified atom stereocenters. The number of hydrogen-bond acceptors (Lipinski definition) is 3. The Hall–Kier alpha value is -2.24. The fraction of sp³-hybridized carbons (Fsp3) is 0.250. The molecule has 1 heterocycles. The maximum Gasteiger partial charge on any atom is 0.176 e. The number of fused-ring (bicyclic) bond motifs is 1. The van der Waals surface area contributed by atoms with Crippen molar-refractivity contribution in [3.8, 4) is 0 Å². The molecule has 0 aliphatic carbocycles. The molecule has 5 heteroatoms. The highest BCUT2D eigenvalue weighted by Gasteiger charge is 2.01. The Morgan fingerprint density at radius 3 is 2.20 bits per heavy atom. The monoisotopic (exact) mass is 357 g/mol. The lowest BCUT2D eigenvalue weighted by Gasteiger charge is -2.05. The van der Waals surface area contributed by atoms with E-state index in [1.54, 1.807) is 12.1 Å². The van der Waals surface area contributed by atoms with E-state index in [9.17, 15) is 13.0 Å². The van der Waals surface area contributed by atoms with E-state index < -0.39 is 10.1 Å². The van der Waals surface area contributed by atoms with Gasteiger partial charge in [-0.05, 0) is 30.5 Å². The molecule has 4 nitrogen and oxygen atoms in total. The van der Waals surface area contributed by atoms with Gasteiger partial charge in [-0.2, -0.15) is 0 Å². The molecule has 0 aliphatic rings. The fourth-order valence-corrected chi connectivity index (χ4v) is 2.83. The van der Waals surface area contributed by atoms with Gasteiger partial charge >= 0.3 is 0 Å². The predicted octanol–water partition coefficient (Wildman–Crippen LogP) is 3.83. The number of hydrogen-bond donors (Lipinski definition) is 0. The average molecular weight is 357 g/mol. The van der Waals surface area contributed by atoms with Crippen LogP contribution in [0.1, 0.15) is 25.3 Å². The first-order valence-corrected chi connectivity index (χ1v) is 9.71. The minimum atomic E-state index is -4.27. The molecule has 0 bridgehead atoms. The number of unbranched alkanes of at least 4 members (excludes halogenated alkanes) is 1. The van der Waals surface area contributed by atoms with Crippen molar-refractivity contribution < 1.29 is 17.5 Å². The zero-order valence-corrected chi connectivity index (χ0v) is 15.4. The number of benzene rings is 2. The van der Waals surface area contributed by atoms with E-state index in [1.165, 1.54) is 35.7 Å². The smallest absolute Gasteiger partial charge is 0.176 e. The molecule has 3 rings (SSSR count). The highest BCUT2D eigenvalue weighted by atomic mass is 32.2. The van der Waals surface area contributed by atoms with Crippen LogP contribution in [-0.4, -0.2) is 13.0 Å². The van der Waals surface area contributed by atoms with Gasteiger partial charge in [-0.15, -0.1) is 0 Å². The molecule has 0 radical (unpaired) electrons. The maximum atomic E-state index is 10.4. The summed E-state index contributed by atoms with van der Waals surface area (Å²) < 4.78 is 33.4. The van der Waals surface area contributed by atoms with E-state index in [-0.39, 0.29) is 4.90 Å². The van der Waals surface area contributed by atoms with E-state index in [2.05, 4.69) is 54.2 Å². The van der Waals surface area contributed by atoms with Gasteiger partial charge in [0.25, 0.3) is 0 Å². The van der Waals surface area contributed by atoms with Crippen LogP contribution in [0.25, 0.3) is 10.8 Å². The Balaban J connectivity index is 0.000000186. The minimum Gasteiger partial charge on any atom is -0.744 e. The lowest BCUT2D eigenvalue weighted by atomic mass is 10.2. The van der Waals surface area contributed by atoms with Crippen molar-refractivity contribution in [2.24, 2.45) is 0 Å². The van der Waals surface area contributed by atoms with Gasteiger partial charge < -0.3 is 4.55 Å². The molecule has 0 saturated heterocycles. The largest absolute Gasteiger partial charge is 0.744 e. The van der Waals surface area contributed by atoms with Crippen LogP contribution < -0.4 is 4.57 Å². The van der Waals surface area contributed by atoms with Gasteiger partial charge in [-0.25, -0.2) is 13.0 Å². The molecule has 0 fully saturated rings. The summed E-state index contributed by atoms with van der Waals surface area (Å²) >= 11 is 0. The number of aryl methyl sites for hydroxylation is 2. The van der Waals surface area contributed by atoms with Gasteiger partial charge in [0.15, 0.2) is 12.4 Å². The Labute approximate surface area is 149 Å². The summed E-state index contributed by atoms with van der Waals surface area (Å²) in [4.78, 5) is -0.178. The normalized spacial score (nSPS) is 11.0. The lowest BCUT2D eigenvalue weighted by molar-refractivity contribution is -0.696. The first-order valence-electron chi connectivity index (χ1n) is 8.30. The summed E-state index contributed by atoms with van der Waals surface area (Å²) in [5.41, 5.74) is 0.928. The number of aromatic nitrogens is 1. The number of rotatable bonds is 4. The van der Waals surface area contributed by atoms with E-state index in [1.807, 2.05) is 6.92 Å². The van der Waals surface area contributed by atoms with E-state index >= 15 is 0 Å². The Bertz CT molecular complexity index is 919. The molecule has 0 saturated carbocycles. The van der Waals surface area contributed by atoms with Crippen LogP contribution in [0.3, 0.4) is 0 Å². The van der Waals surface area contributed by atoms with Gasteiger partial charge in [0, 0.05) is 17.9 Å². The molecule has 2 aromatic carbocycles. The van der Waals surface area contributed by atoms with Crippen LogP contribution in [-0.2, 0) is 16.7 Å². The van der Waals surface area contributed by atoms with Gasteiger partial charge in [0.2, 0.25) is 0 Å². The third-order valence-corrected chi connectivity index (χ3v) is 4.68. The SMILES string of the molecule is CCCC[n+]1ccc2ccccc2c1.Cc1ccc(S(=O)(=O)[O-])cc1. The molecule has 132 valence electrons. The first-order chi connectivity index (χ1) is 11.9. The van der Waals surface area contributed by atoms with Crippen molar-refractivity contribution in [2.75, 3.05) is 0 Å². The van der Waals surface area contributed by atoms with Crippen molar-refractivity contribution in [3.05, 3.63) is 72.6 Å². The average Bonchev–Trinajstić information content (AvgIpc) is 2.60. The van der Waals surface area contributed by atoms with Crippen LogP contribution in [0.4, 0.5) is 0 Å². The lowest BCUT2D eigenvalue weighted by Crippen LogP contribution is -2.32. The van der Waals surface area contributed by atoms with Crippen LogP contribution >= 0.6 is 0 Å². The highest BCUT2D eigenvalue weighted by molar-refractivity contribution is 7.85. The first kappa shape index (κ1) is 19.1. The van der Waals surface area contributed by atoms with Crippen molar-refractivity contribution in [2.45, 2.75) is 38.1 Å². The van der Waals surface area contributed by atoms with Crippen LogP contribution in [0, 0.1) is 6.92 Å². The van der Waals surface area contributed by atoms with Crippen molar-refractivity contribution in [3.63, 3.8) is 0 Å². The summed E-state index contributed by atoms with van der Waals surface area (Å²) in [6.45, 7) is 5.17. The second-order valence-corrected chi connectivity index (χ2v) is 7.31. The van der Waals surface area contributed by atoms with Crippen LogP contribution in [0.2, 0.25) is 0 Å². The zero-order valence-electron chi connectivity index (χ0n) is 14.6. The molecule has 1 aromatic heterocycles. The molecule has 0 atom stereocenters. The molecule has 0 amide bonds. The van der Waals surface area contributed by atoms with Gasteiger partial charge in [-0.1, -0.05) is 49.2 Å². The van der Waals surface area contributed by atoms with Crippen LogP contribution in [0.5, 0.6) is 0 Å². The second kappa shape index (κ2) is 8.74. The number of nitrogens with zero attached hydrogens (tertiary/aromatic N) is 1. The van der Waals surface area contributed by atoms with E-state index in [0.717, 1.165) is 12.1 Å². The third-order valence-electron chi connectivity index (χ3n) is 3.83. The van der Waals surface area contributed by atoms with Gasteiger partial charge in [0.1, 0.15) is 16.7 Å². The Kier molecular flexibility index (Phi) is 6.67. The molecule has 0 aliphatic heterocycles. The Morgan fingerprint density at radius 2 is 1.60 bits per heavy atom. The maximum absolute atomic E-state index is 10.4. The fourth-order valence-electron chi connectivity index (χ4n) is 2.36. The molecular weight excluding hydrogens is 334 g/mol. The molecular formula is C20H23NO3S. The summed E-state index contributed by atoms with van der Waals surface area (Å²) in [6.07, 6.45) is 6.89. The molecule has 25 heavy (non-hydrogen) atoms. The highest BCUT2D eigenvalue weighted by Crippen LogP contribution is 2.10. The second-order valence-electron chi connectivity index (χ2n) is 5.93. The molecule has 0 spiro atoms. The topological polar surface area (TPSA) is 61.1 Å². The Morgan fingerprint density at radius 1 is 0.960 bits per heavy atom. The van der Waals surface area contributed by atoms with E-state index in [4.69, 9.17) is 0 Å². The number of pyridine rings is 1. The van der Waals surface area contributed by atoms with Crippen molar-refractivity contribution in [1.82, 2.24) is 0 Å². The summed E-state index contributed by atoms with van der Waals surface area (Å²) in [5.74, 6) is 0. The van der Waals surface area contributed by atoms with Crippen molar-refractivity contribution in [1.29, 1.82) is 0 Å². The van der Waals surface area contributed by atoms with E-state index in [0.29, 0.717) is 0 Å². The van der Waals surface area contributed by atoms with Gasteiger partial charge in [-0.3, -0.25) is 0 Å². The summed E-state index contributed by atoms with van der Waals surface area (Å²) in [7, 11) is -4.27. The standard InChI is InChI=1S/C13H16N.C7H8O3S/c1-2-3-9-14-10-8-12-6-4-5-7-13(12)11-14;1-6-2-4-7(5-3-6)11(8,9)10/h4-8,10-11H,2-3,9H2,1H3;2-5H,1H3,(H,8,9,10)/q+1;/p-1. The van der Waals surface area contributed by atoms with Crippen LogP contribution in [0.15, 0.2) is 71.9 Å². The quantitative estimate of drug-likeness (QED) is 0.527. The minimum absolute atomic E-state index is 0.178. The van der Waals surface area contributed by atoms with Gasteiger partial charge in [0.05, 0.1) is 4.90 Å². The summed E-state index contributed by atoms with van der Waals surface area (Å²) in [5, 5.41) is 2.64. The van der Waals surface area contributed by atoms with Crippen molar-refractivity contribution >= 4 is 20.9 Å². The summed E-state index contributed by atoms with van der Waals surface area (Å²) in [6, 6.07) is 16.5. The zero-order chi connectivity index (χ0) is 18.3. The molecule has 0 N–H and O–H groups in total. The molecule has 3 aromatic rings. The third kappa shape index (κ3) is 5.96. The predicted molar refractivity (Wildman–Crippen MR) is 98.2 cm³/mol.